The number of carbonyl (C=O) groups is 1. The standard InChI is InChI=1S/C17H22N2O/c1-14-6-5-7-15(12-14)8-9-16(20)19-17(13-18)10-3-2-4-11-17/h5-7,12H,2-4,8-11H2,1H3,(H,19,20). The van der Waals surface area contributed by atoms with Gasteiger partial charge < -0.3 is 5.32 Å². The van der Waals surface area contributed by atoms with Crippen molar-refractivity contribution < 1.29 is 4.79 Å². The van der Waals surface area contributed by atoms with E-state index >= 15 is 0 Å². The molecule has 0 radical (unpaired) electrons. The lowest BCUT2D eigenvalue weighted by Crippen LogP contribution is -2.48. The maximum atomic E-state index is 12.1. The Balaban J connectivity index is 1.87. The highest BCUT2D eigenvalue weighted by molar-refractivity contribution is 5.77. The zero-order valence-electron chi connectivity index (χ0n) is 12.1. The van der Waals surface area contributed by atoms with Crippen LogP contribution in [0.15, 0.2) is 24.3 Å². The van der Waals surface area contributed by atoms with Crippen LogP contribution in [0.25, 0.3) is 0 Å². The largest absolute Gasteiger partial charge is 0.338 e. The number of nitriles is 1. The number of benzene rings is 1. The Morgan fingerprint density at radius 2 is 2.10 bits per heavy atom. The van der Waals surface area contributed by atoms with Gasteiger partial charge >= 0.3 is 0 Å². The SMILES string of the molecule is Cc1cccc(CCC(=O)NC2(C#N)CCCCC2)c1. The summed E-state index contributed by atoms with van der Waals surface area (Å²) >= 11 is 0. The second-order valence-electron chi connectivity index (χ2n) is 5.79. The van der Waals surface area contributed by atoms with E-state index in [-0.39, 0.29) is 5.91 Å². The molecule has 0 atom stereocenters. The molecule has 1 fully saturated rings. The molecule has 1 N–H and O–H groups in total. The second-order valence-corrected chi connectivity index (χ2v) is 5.79. The van der Waals surface area contributed by atoms with Gasteiger partial charge in [0.2, 0.25) is 5.91 Å². The molecule has 106 valence electrons. The van der Waals surface area contributed by atoms with E-state index in [9.17, 15) is 10.1 Å². The van der Waals surface area contributed by atoms with Crippen LogP contribution in [0.2, 0.25) is 0 Å². The van der Waals surface area contributed by atoms with Gasteiger partial charge in [-0.2, -0.15) is 5.26 Å². The number of nitrogens with one attached hydrogen (secondary N) is 1. The Labute approximate surface area is 121 Å². The third-order valence-corrected chi connectivity index (χ3v) is 4.02. The Kier molecular flexibility index (Phi) is 4.79. The maximum absolute atomic E-state index is 12.1. The van der Waals surface area contributed by atoms with Crippen molar-refractivity contribution in [3.05, 3.63) is 35.4 Å². The molecule has 1 aliphatic carbocycles. The van der Waals surface area contributed by atoms with Crippen LogP contribution >= 0.6 is 0 Å². The van der Waals surface area contributed by atoms with Gasteiger partial charge in [-0.15, -0.1) is 0 Å². The molecule has 0 saturated heterocycles. The zero-order valence-corrected chi connectivity index (χ0v) is 12.1. The lowest BCUT2D eigenvalue weighted by atomic mass is 9.82. The predicted molar refractivity (Wildman–Crippen MR) is 79.1 cm³/mol. The number of amides is 1. The van der Waals surface area contributed by atoms with E-state index in [1.54, 1.807) is 0 Å². The summed E-state index contributed by atoms with van der Waals surface area (Å²) in [7, 11) is 0. The lowest BCUT2D eigenvalue weighted by molar-refractivity contribution is -0.122. The van der Waals surface area contributed by atoms with E-state index in [2.05, 4.69) is 30.4 Å². The Hall–Kier alpha value is -1.82. The van der Waals surface area contributed by atoms with E-state index in [0.717, 1.165) is 32.1 Å². The van der Waals surface area contributed by atoms with Crippen LogP contribution in [0, 0.1) is 18.3 Å². The highest BCUT2D eigenvalue weighted by Crippen LogP contribution is 2.27. The van der Waals surface area contributed by atoms with Gasteiger partial charge in [-0.25, -0.2) is 0 Å². The van der Waals surface area contributed by atoms with Crippen LogP contribution in [-0.2, 0) is 11.2 Å². The minimum Gasteiger partial charge on any atom is -0.338 e. The normalized spacial score (nSPS) is 17.2. The summed E-state index contributed by atoms with van der Waals surface area (Å²) in [6, 6.07) is 10.5. The number of hydrogen-bond acceptors (Lipinski definition) is 2. The highest BCUT2D eigenvalue weighted by atomic mass is 16.1. The van der Waals surface area contributed by atoms with Crippen LogP contribution in [0.4, 0.5) is 0 Å². The van der Waals surface area contributed by atoms with Gasteiger partial charge in [0.05, 0.1) is 6.07 Å². The quantitative estimate of drug-likeness (QED) is 0.913. The first kappa shape index (κ1) is 14.6. The summed E-state index contributed by atoms with van der Waals surface area (Å²) in [5, 5.41) is 12.3. The molecule has 0 heterocycles. The summed E-state index contributed by atoms with van der Waals surface area (Å²) in [5.74, 6) is -0.00467. The van der Waals surface area contributed by atoms with E-state index in [4.69, 9.17) is 0 Å². The van der Waals surface area contributed by atoms with E-state index in [1.165, 1.54) is 17.5 Å². The number of rotatable bonds is 4. The van der Waals surface area contributed by atoms with Gasteiger partial charge in [0, 0.05) is 6.42 Å². The summed E-state index contributed by atoms with van der Waals surface area (Å²) in [5.41, 5.74) is 1.78. The molecule has 0 unspecified atom stereocenters. The van der Waals surface area contributed by atoms with Gasteiger partial charge in [0.1, 0.15) is 5.54 Å². The van der Waals surface area contributed by atoms with E-state index < -0.39 is 5.54 Å². The van der Waals surface area contributed by atoms with E-state index in [1.807, 2.05) is 12.1 Å². The Morgan fingerprint density at radius 3 is 2.75 bits per heavy atom. The van der Waals surface area contributed by atoms with Gasteiger partial charge in [-0.1, -0.05) is 49.1 Å². The van der Waals surface area contributed by atoms with Crippen molar-refractivity contribution in [3.63, 3.8) is 0 Å². The first-order valence-electron chi connectivity index (χ1n) is 7.41. The molecule has 3 nitrogen and oxygen atoms in total. The highest BCUT2D eigenvalue weighted by Gasteiger charge is 2.33. The predicted octanol–water partition coefficient (Wildman–Crippen LogP) is 3.27. The summed E-state index contributed by atoms with van der Waals surface area (Å²) in [6.45, 7) is 2.05. The molecular formula is C17H22N2O. The Morgan fingerprint density at radius 1 is 1.35 bits per heavy atom. The molecule has 2 rings (SSSR count). The van der Waals surface area contributed by atoms with Crippen LogP contribution in [-0.4, -0.2) is 11.4 Å². The molecule has 3 heteroatoms. The van der Waals surface area contributed by atoms with Crippen LogP contribution in [0.1, 0.15) is 49.7 Å². The average Bonchev–Trinajstić information content (AvgIpc) is 2.46. The third-order valence-electron chi connectivity index (χ3n) is 4.02. The van der Waals surface area contributed by atoms with Gasteiger partial charge in [0.25, 0.3) is 0 Å². The van der Waals surface area contributed by atoms with Crippen molar-refractivity contribution in [1.82, 2.24) is 5.32 Å². The minimum atomic E-state index is -0.609. The van der Waals surface area contributed by atoms with Crippen LogP contribution in [0.5, 0.6) is 0 Å². The summed E-state index contributed by atoms with van der Waals surface area (Å²) in [6.07, 6.45) is 6.00. The molecular weight excluding hydrogens is 248 g/mol. The summed E-state index contributed by atoms with van der Waals surface area (Å²) < 4.78 is 0. The first-order valence-corrected chi connectivity index (χ1v) is 7.41. The van der Waals surface area contributed by atoms with Crippen molar-refractivity contribution >= 4 is 5.91 Å². The van der Waals surface area contributed by atoms with E-state index in [0.29, 0.717) is 6.42 Å². The molecule has 0 bridgehead atoms. The minimum absolute atomic E-state index is 0.00467. The number of hydrogen-bond donors (Lipinski definition) is 1. The zero-order chi connectivity index (χ0) is 14.4. The number of carbonyl (C=O) groups excluding carboxylic acids is 1. The molecule has 1 saturated carbocycles. The Bertz CT molecular complexity index is 510. The fraction of sp³-hybridized carbons (Fsp3) is 0.529. The maximum Gasteiger partial charge on any atom is 0.221 e. The van der Waals surface area contributed by atoms with Crippen molar-refractivity contribution in [2.24, 2.45) is 0 Å². The third kappa shape index (κ3) is 3.84. The second kappa shape index (κ2) is 6.56. The fourth-order valence-corrected chi connectivity index (χ4v) is 2.87. The van der Waals surface area contributed by atoms with Crippen molar-refractivity contribution in [2.75, 3.05) is 0 Å². The molecule has 1 aromatic carbocycles. The molecule has 20 heavy (non-hydrogen) atoms. The molecule has 1 aromatic rings. The van der Waals surface area contributed by atoms with Crippen molar-refractivity contribution in [2.45, 2.75) is 57.4 Å². The molecule has 0 aromatic heterocycles. The number of aryl methyl sites for hydroxylation is 2. The molecule has 0 spiro atoms. The van der Waals surface area contributed by atoms with Gasteiger partial charge in [-0.3, -0.25) is 4.79 Å². The first-order chi connectivity index (χ1) is 9.63. The number of nitrogens with zero attached hydrogens (tertiary/aromatic N) is 1. The van der Waals surface area contributed by atoms with Crippen LogP contribution < -0.4 is 5.32 Å². The van der Waals surface area contributed by atoms with Gasteiger partial charge in [0.15, 0.2) is 0 Å². The topological polar surface area (TPSA) is 52.9 Å². The lowest BCUT2D eigenvalue weighted by Gasteiger charge is -2.31. The monoisotopic (exact) mass is 270 g/mol. The van der Waals surface area contributed by atoms with Crippen LogP contribution in [0.3, 0.4) is 0 Å². The fourth-order valence-electron chi connectivity index (χ4n) is 2.87. The van der Waals surface area contributed by atoms with Crippen molar-refractivity contribution in [3.8, 4) is 6.07 Å². The molecule has 1 amide bonds. The molecule has 1 aliphatic rings. The van der Waals surface area contributed by atoms with Crippen molar-refractivity contribution in [1.29, 1.82) is 5.26 Å². The summed E-state index contributed by atoms with van der Waals surface area (Å²) in [4.78, 5) is 12.1. The smallest absolute Gasteiger partial charge is 0.221 e. The average molecular weight is 270 g/mol. The van der Waals surface area contributed by atoms with Gasteiger partial charge in [-0.05, 0) is 31.7 Å². The molecule has 0 aliphatic heterocycles.